The largest absolute Gasteiger partial charge is 0.394 e. The lowest BCUT2D eigenvalue weighted by Gasteiger charge is -2.09. The van der Waals surface area contributed by atoms with Crippen LogP contribution in [-0.4, -0.2) is 14.3 Å². The van der Waals surface area contributed by atoms with Gasteiger partial charge in [-0.25, -0.2) is 0 Å². The van der Waals surface area contributed by atoms with E-state index in [1.165, 1.54) is 0 Å². The lowest BCUT2D eigenvalue weighted by atomic mass is 10.3. The second kappa shape index (κ2) is 4.89. The zero-order valence-electron chi connectivity index (χ0n) is 9.94. The van der Waals surface area contributed by atoms with Crippen LogP contribution in [0, 0.1) is 6.92 Å². The first-order valence-corrected chi connectivity index (χ1v) is 6.81. The number of rotatable bonds is 2. The normalized spacial score (nSPS) is 10.9. The van der Waals surface area contributed by atoms with Crippen molar-refractivity contribution in [3.05, 3.63) is 43.0 Å². The first kappa shape index (κ1) is 13.4. The molecule has 0 spiro atoms. The second-order valence-electron chi connectivity index (χ2n) is 4.03. The van der Waals surface area contributed by atoms with Crippen LogP contribution in [0.3, 0.4) is 0 Å². The Morgan fingerprint density at radius 3 is 2.56 bits per heavy atom. The Hall–Kier alpha value is -1.08. The first-order chi connectivity index (χ1) is 8.40. The summed E-state index contributed by atoms with van der Waals surface area (Å²) in [6.07, 6.45) is 3.34. The molecule has 0 unspecified atom stereocenters. The Bertz CT molecular complexity index is 634. The number of hydrogen-bond acceptors (Lipinski definition) is 3. The first-order valence-electron chi connectivity index (χ1n) is 5.23. The van der Waals surface area contributed by atoms with Gasteiger partial charge < -0.3 is 10.3 Å². The summed E-state index contributed by atoms with van der Waals surface area (Å²) in [5.74, 6) is 0. The van der Waals surface area contributed by atoms with Gasteiger partial charge in [0.25, 0.3) is 0 Å². The Balaban J connectivity index is 2.43. The Kier molecular flexibility index (Phi) is 3.63. The van der Waals surface area contributed by atoms with Gasteiger partial charge in [0, 0.05) is 19.4 Å². The third kappa shape index (κ3) is 2.37. The van der Waals surface area contributed by atoms with Crippen LogP contribution in [0.4, 0.5) is 5.69 Å². The van der Waals surface area contributed by atoms with Gasteiger partial charge >= 0.3 is 0 Å². The minimum absolute atomic E-state index is 0.188. The quantitative estimate of drug-likeness (QED) is 0.873. The Morgan fingerprint density at radius 1 is 1.39 bits per heavy atom. The summed E-state index contributed by atoms with van der Waals surface area (Å²) in [7, 11) is 1.88. The zero-order valence-corrected chi connectivity index (χ0v) is 13.1. The van der Waals surface area contributed by atoms with Crippen molar-refractivity contribution >= 4 is 37.5 Å². The summed E-state index contributed by atoms with van der Waals surface area (Å²) >= 11 is 6.71. The van der Waals surface area contributed by atoms with Gasteiger partial charge in [-0.2, -0.15) is 5.10 Å². The minimum Gasteiger partial charge on any atom is -0.394 e. The van der Waals surface area contributed by atoms with Crippen LogP contribution in [0.15, 0.2) is 26.1 Å². The fourth-order valence-electron chi connectivity index (χ4n) is 1.73. The van der Waals surface area contributed by atoms with E-state index in [1.54, 1.807) is 12.4 Å². The number of aryl methyl sites for hydroxylation is 2. The highest BCUT2D eigenvalue weighted by atomic mass is 79.9. The van der Waals surface area contributed by atoms with Crippen molar-refractivity contribution in [2.24, 2.45) is 7.05 Å². The highest BCUT2D eigenvalue weighted by Crippen LogP contribution is 2.21. The van der Waals surface area contributed by atoms with Crippen LogP contribution >= 0.6 is 31.9 Å². The number of nitrogens with two attached hydrogens (primary N) is 1. The van der Waals surface area contributed by atoms with Gasteiger partial charge in [0.1, 0.15) is 0 Å². The molecule has 2 heterocycles. The maximum absolute atomic E-state index is 11.5. The van der Waals surface area contributed by atoms with Crippen molar-refractivity contribution < 1.29 is 0 Å². The van der Waals surface area contributed by atoms with Gasteiger partial charge in [-0.15, -0.1) is 0 Å². The zero-order chi connectivity index (χ0) is 13.4. The van der Waals surface area contributed by atoms with Crippen LogP contribution < -0.4 is 11.2 Å². The number of pyridine rings is 1. The van der Waals surface area contributed by atoms with E-state index in [-0.39, 0.29) is 11.1 Å². The van der Waals surface area contributed by atoms with E-state index in [0.29, 0.717) is 11.0 Å². The number of aromatic nitrogens is 3. The maximum Gasteiger partial charge on any atom is 0.218 e. The summed E-state index contributed by atoms with van der Waals surface area (Å²) in [6.45, 7) is 2.52. The molecule has 0 bridgehead atoms. The standard InChI is InChI=1S/C11H12Br2N4O/c1-6-10(13)9(16(2)15-6)5-17-3-7(12)11(18)8(14)4-17/h3-4H,5,14H2,1-2H3. The average Bonchev–Trinajstić information content (AvgIpc) is 2.53. The van der Waals surface area contributed by atoms with Crippen molar-refractivity contribution in [2.45, 2.75) is 13.5 Å². The van der Waals surface area contributed by atoms with Crippen LogP contribution in [-0.2, 0) is 13.6 Å². The highest BCUT2D eigenvalue weighted by Gasteiger charge is 2.11. The molecule has 2 aromatic rings. The third-order valence-electron chi connectivity index (χ3n) is 2.66. The molecule has 0 radical (unpaired) electrons. The number of nitrogens with zero attached hydrogens (tertiary/aromatic N) is 3. The lowest BCUT2D eigenvalue weighted by molar-refractivity contribution is 0.659. The average molecular weight is 376 g/mol. The molecule has 2 N–H and O–H groups in total. The minimum atomic E-state index is -0.188. The van der Waals surface area contributed by atoms with Gasteiger partial charge in [-0.1, -0.05) is 0 Å². The maximum atomic E-state index is 11.5. The summed E-state index contributed by atoms with van der Waals surface area (Å²) in [6, 6.07) is 0. The molecular formula is C11H12Br2N4O. The van der Waals surface area contributed by atoms with Crippen LogP contribution in [0.5, 0.6) is 0 Å². The highest BCUT2D eigenvalue weighted by molar-refractivity contribution is 9.10. The molecule has 0 saturated heterocycles. The third-order valence-corrected chi connectivity index (χ3v) is 4.25. The molecule has 2 aromatic heterocycles. The smallest absolute Gasteiger partial charge is 0.218 e. The van der Waals surface area contributed by atoms with E-state index in [4.69, 9.17) is 5.73 Å². The van der Waals surface area contributed by atoms with E-state index >= 15 is 0 Å². The summed E-state index contributed by atoms with van der Waals surface area (Å²) in [4.78, 5) is 11.5. The Morgan fingerprint density at radius 2 is 2.06 bits per heavy atom. The molecular weight excluding hydrogens is 364 g/mol. The van der Waals surface area contributed by atoms with E-state index in [9.17, 15) is 4.79 Å². The molecule has 5 nitrogen and oxygen atoms in total. The van der Waals surface area contributed by atoms with Crippen molar-refractivity contribution in [3.8, 4) is 0 Å². The van der Waals surface area contributed by atoms with E-state index in [2.05, 4.69) is 37.0 Å². The van der Waals surface area contributed by atoms with Crippen molar-refractivity contribution in [3.63, 3.8) is 0 Å². The van der Waals surface area contributed by atoms with Gasteiger partial charge in [-0.3, -0.25) is 9.48 Å². The van der Waals surface area contributed by atoms with E-state index < -0.39 is 0 Å². The van der Waals surface area contributed by atoms with Crippen LogP contribution in [0.2, 0.25) is 0 Å². The molecule has 0 aliphatic carbocycles. The topological polar surface area (TPSA) is 65.8 Å². The number of hydrogen-bond donors (Lipinski definition) is 1. The van der Waals surface area contributed by atoms with Crippen LogP contribution in [0.25, 0.3) is 0 Å². The fourth-order valence-corrected chi connectivity index (χ4v) is 2.69. The van der Waals surface area contributed by atoms with E-state index in [0.717, 1.165) is 15.9 Å². The molecule has 0 saturated carbocycles. The SMILES string of the molecule is Cc1nn(C)c(Cn2cc(N)c(=O)c(Br)c2)c1Br. The van der Waals surface area contributed by atoms with Crippen molar-refractivity contribution in [2.75, 3.05) is 5.73 Å². The Labute approximate surface area is 121 Å². The summed E-state index contributed by atoms with van der Waals surface area (Å²) in [5, 5.41) is 4.32. The van der Waals surface area contributed by atoms with Gasteiger partial charge in [0.05, 0.1) is 32.6 Å². The fraction of sp³-hybridized carbons (Fsp3) is 0.273. The molecule has 0 aromatic carbocycles. The summed E-state index contributed by atoms with van der Waals surface area (Å²) in [5.41, 5.74) is 7.64. The molecule has 0 amide bonds. The van der Waals surface area contributed by atoms with Gasteiger partial charge in [-0.05, 0) is 38.8 Å². The molecule has 0 atom stereocenters. The molecule has 0 aliphatic rings. The molecule has 2 rings (SSSR count). The molecule has 96 valence electrons. The summed E-state index contributed by atoms with van der Waals surface area (Å²) < 4.78 is 5.08. The molecule has 18 heavy (non-hydrogen) atoms. The number of anilines is 1. The van der Waals surface area contributed by atoms with Gasteiger partial charge in [0.2, 0.25) is 5.43 Å². The van der Waals surface area contributed by atoms with Crippen molar-refractivity contribution in [1.82, 2.24) is 14.3 Å². The van der Waals surface area contributed by atoms with Crippen LogP contribution in [0.1, 0.15) is 11.4 Å². The molecule has 0 aliphatic heterocycles. The molecule has 7 heteroatoms. The lowest BCUT2D eigenvalue weighted by Crippen LogP contribution is -2.14. The van der Waals surface area contributed by atoms with E-state index in [1.807, 2.05) is 23.2 Å². The monoisotopic (exact) mass is 374 g/mol. The second-order valence-corrected chi connectivity index (χ2v) is 5.68. The van der Waals surface area contributed by atoms with Crippen molar-refractivity contribution in [1.29, 1.82) is 0 Å². The number of nitrogen functional groups attached to an aromatic ring is 1. The predicted octanol–water partition coefficient (Wildman–Crippen LogP) is 2.05. The molecule has 0 fully saturated rings. The van der Waals surface area contributed by atoms with Gasteiger partial charge in [0.15, 0.2) is 0 Å². The predicted molar refractivity (Wildman–Crippen MR) is 77.6 cm³/mol. The number of halogens is 2.